The molecule has 0 radical (unpaired) electrons. The third-order valence-electron chi connectivity index (χ3n) is 2.62. The average Bonchev–Trinajstić information content (AvgIpc) is 2.51. The van der Waals surface area contributed by atoms with Crippen LogP contribution in [0.15, 0.2) is 0 Å². The molecule has 2 N–H and O–H groups in total. The molecular formula is C11H19NO. The Morgan fingerprint density at radius 1 is 1.46 bits per heavy atom. The quantitative estimate of drug-likeness (QED) is 0.492. The van der Waals surface area contributed by atoms with E-state index in [4.69, 9.17) is 6.42 Å². The Hall–Kier alpha value is -0.520. The molecule has 0 bridgehead atoms. The normalized spacial score (nSPS) is 27.4. The third-order valence-corrected chi connectivity index (χ3v) is 2.62. The van der Waals surface area contributed by atoms with Crippen LogP contribution in [0.2, 0.25) is 0 Å². The van der Waals surface area contributed by atoms with E-state index in [9.17, 15) is 5.11 Å². The molecule has 1 rings (SSSR count). The molecule has 0 aromatic carbocycles. The summed E-state index contributed by atoms with van der Waals surface area (Å²) in [7, 11) is 0. The first-order valence-electron chi connectivity index (χ1n) is 5.15. The predicted molar refractivity (Wildman–Crippen MR) is 54.3 cm³/mol. The standard InChI is InChI=1S/C11H19NO/c1-2-3-4-7-12-9-10-5-6-11(13)8-10/h1,10-13H,3-9H2. The van der Waals surface area contributed by atoms with Crippen molar-refractivity contribution in [1.29, 1.82) is 0 Å². The summed E-state index contributed by atoms with van der Waals surface area (Å²) >= 11 is 0. The van der Waals surface area contributed by atoms with Gasteiger partial charge in [-0.15, -0.1) is 12.3 Å². The van der Waals surface area contributed by atoms with E-state index in [0.717, 1.165) is 38.8 Å². The van der Waals surface area contributed by atoms with Gasteiger partial charge in [-0.05, 0) is 44.7 Å². The lowest BCUT2D eigenvalue weighted by molar-refractivity contribution is 0.177. The van der Waals surface area contributed by atoms with Crippen molar-refractivity contribution in [2.24, 2.45) is 5.92 Å². The van der Waals surface area contributed by atoms with Gasteiger partial charge in [0.15, 0.2) is 0 Å². The van der Waals surface area contributed by atoms with E-state index in [-0.39, 0.29) is 6.10 Å². The zero-order valence-corrected chi connectivity index (χ0v) is 8.13. The second-order valence-corrected chi connectivity index (χ2v) is 3.84. The molecule has 0 aromatic heterocycles. The number of nitrogens with one attached hydrogen (secondary N) is 1. The van der Waals surface area contributed by atoms with Crippen LogP contribution in [0.3, 0.4) is 0 Å². The third kappa shape index (κ3) is 4.31. The van der Waals surface area contributed by atoms with E-state index < -0.39 is 0 Å². The van der Waals surface area contributed by atoms with Crippen LogP contribution in [0.1, 0.15) is 32.1 Å². The molecule has 0 saturated heterocycles. The van der Waals surface area contributed by atoms with E-state index in [2.05, 4.69) is 11.2 Å². The first-order valence-corrected chi connectivity index (χ1v) is 5.15. The van der Waals surface area contributed by atoms with Crippen LogP contribution in [0.25, 0.3) is 0 Å². The molecule has 1 fully saturated rings. The Labute approximate surface area is 80.7 Å². The molecular weight excluding hydrogens is 162 g/mol. The highest BCUT2D eigenvalue weighted by molar-refractivity contribution is 4.83. The zero-order chi connectivity index (χ0) is 9.52. The summed E-state index contributed by atoms with van der Waals surface area (Å²) < 4.78 is 0. The number of unbranched alkanes of at least 4 members (excludes halogenated alkanes) is 1. The Morgan fingerprint density at radius 3 is 2.92 bits per heavy atom. The largest absolute Gasteiger partial charge is 0.393 e. The van der Waals surface area contributed by atoms with Crippen LogP contribution < -0.4 is 5.32 Å². The predicted octanol–water partition coefficient (Wildman–Crippen LogP) is 1.15. The minimum Gasteiger partial charge on any atom is -0.393 e. The Kier molecular flexibility index (Phi) is 4.88. The van der Waals surface area contributed by atoms with Gasteiger partial charge >= 0.3 is 0 Å². The number of rotatable bonds is 5. The van der Waals surface area contributed by atoms with E-state index in [1.807, 2.05) is 0 Å². The summed E-state index contributed by atoms with van der Waals surface area (Å²) in [6.07, 6.45) is 10.1. The summed E-state index contributed by atoms with van der Waals surface area (Å²) in [6.45, 7) is 2.05. The SMILES string of the molecule is C#CCCCNCC1CCC(O)C1. The first-order chi connectivity index (χ1) is 6.33. The minimum atomic E-state index is -0.0440. The fourth-order valence-corrected chi connectivity index (χ4v) is 1.86. The van der Waals surface area contributed by atoms with Crippen LogP contribution in [-0.4, -0.2) is 24.3 Å². The van der Waals surface area contributed by atoms with Crippen molar-refractivity contribution in [3.63, 3.8) is 0 Å². The maximum Gasteiger partial charge on any atom is 0.0543 e. The molecule has 0 aromatic rings. The van der Waals surface area contributed by atoms with Crippen LogP contribution in [-0.2, 0) is 0 Å². The van der Waals surface area contributed by atoms with Gasteiger partial charge in [0, 0.05) is 6.42 Å². The maximum absolute atomic E-state index is 9.29. The van der Waals surface area contributed by atoms with E-state index in [1.165, 1.54) is 6.42 Å². The number of aliphatic hydroxyl groups excluding tert-OH is 1. The zero-order valence-electron chi connectivity index (χ0n) is 8.13. The van der Waals surface area contributed by atoms with Gasteiger partial charge in [-0.2, -0.15) is 0 Å². The van der Waals surface area contributed by atoms with Gasteiger partial charge in [-0.1, -0.05) is 0 Å². The smallest absolute Gasteiger partial charge is 0.0543 e. The minimum absolute atomic E-state index is 0.0440. The van der Waals surface area contributed by atoms with Crippen molar-refractivity contribution in [1.82, 2.24) is 5.32 Å². The highest BCUT2D eigenvalue weighted by Crippen LogP contribution is 2.24. The van der Waals surface area contributed by atoms with Crippen molar-refractivity contribution < 1.29 is 5.11 Å². The molecule has 0 heterocycles. The van der Waals surface area contributed by atoms with Crippen molar-refractivity contribution in [2.75, 3.05) is 13.1 Å². The molecule has 0 aliphatic heterocycles. The fraction of sp³-hybridized carbons (Fsp3) is 0.818. The lowest BCUT2D eigenvalue weighted by Gasteiger charge is -2.09. The maximum atomic E-state index is 9.29. The number of aliphatic hydroxyl groups is 1. The number of terminal acetylenes is 1. The first kappa shape index (κ1) is 10.6. The second-order valence-electron chi connectivity index (χ2n) is 3.84. The number of hydrogen-bond donors (Lipinski definition) is 2. The Morgan fingerprint density at radius 2 is 2.31 bits per heavy atom. The van der Waals surface area contributed by atoms with Crippen molar-refractivity contribution in [3.8, 4) is 12.3 Å². The highest BCUT2D eigenvalue weighted by atomic mass is 16.3. The lowest BCUT2D eigenvalue weighted by Crippen LogP contribution is -2.22. The van der Waals surface area contributed by atoms with Gasteiger partial charge in [0.25, 0.3) is 0 Å². The summed E-state index contributed by atoms with van der Waals surface area (Å²) in [5, 5.41) is 12.7. The van der Waals surface area contributed by atoms with E-state index in [0.29, 0.717) is 5.92 Å². The van der Waals surface area contributed by atoms with Crippen LogP contribution >= 0.6 is 0 Å². The molecule has 74 valence electrons. The molecule has 13 heavy (non-hydrogen) atoms. The van der Waals surface area contributed by atoms with Crippen molar-refractivity contribution in [3.05, 3.63) is 0 Å². The molecule has 2 unspecified atom stereocenters. The van der Waals surface area contributed by atoms with Crippen LogP contribution in [0.5, 0.6) is 0 Å². The summed E-state index contributed by atoms with van der Waals surface area (Å²) in [4.78, 5) is 0. The Bertz CT molecular complexity index is 173. The topological polar surface area (TPSA) is 32.3 Å². The molecule has 0 spiro atoms. The van der Waals surface area contributed by atoms with Crippen molar-refractivity contribution >= 4 is 0 Å². The Balaban J connectivity index is 1.92. The van der Waals surface area contributed by atoms with Crippen LogP contribution in [0, 0.1) is 18.3 Å². The van der Waals surface area contributed by atoms with Gasteiger partial charge in [-0.25, -0.2) is 0 Å². The average molecular weight is 181 g/mol. The summed E-state index contributed by atoms with van der Waals surface area (Å²) in [5.41, 5.74) is 0. The van der Waals surface area contributed by atoms with Crippen LogP contribution in [0.4, 0.5) is 0 Å². The van der Waals surface area contributed by atoms with E-state index >= 15 is 0 Å². The molecule has 2 heteroatoms. The van der Waals surface area contributed by atoms with Gasteiger partial charge in [0.1, 0.15) is 0 Å². The highest BCUT2D eigenvalue weighted by Gasteiger charge is 2.21. The summed E-state index contributed by atoms with van der Waals surface area (Å²) in [5.74, 6) is 3.30. The molecule has 0 amide bonds. The van der Waals surface area contributed by atoms with E-state index in [1.54, 1.807) is 0 Å². The molecule has 1 saturated carbocycles. The van der Waals surface area contributed by atoms with Gasteiger partial charge < -0.3 is 10.4 Å². The van der Waals surface area contributed by atoms with Gasteiger partial charge in [0.2, 0.25) is 0 Å². The number of hydrogen-bond acceptors (Lipinski definition) is 2. The monoisotopic (exact) mass is 181 g/mol. The molecule has 2 nitrogen and oxygen atoms in total. The lowest BCUT2D eigenvalue weighted by atomic mass is 10.1. The van der Waals surface area contributed by atoms with Gasteiger partial charge in [-0.3, -0.25) is 0 Å². The molecule has 1 aliphatic carbocycles. The van der Waals surface area contributed by atoms with Gasteiger partial charge in [0.05, 0.1) is 6.10 Å². The molecule has 1 aliphatic rings. The van der Waals surface area contributed by atoms with Crippen molar-refractivity contribution in [2.45, 2.75) is 38.2 Å². The summed E-state index contributed by atoms with van der Waals surface area (Å²) in [6, 6.07) is 0. The fourth-order valence-electron chi connectivity index (χ4n) is 1.86. The second kappa shape index (κ2) is 6.01. The molecule has 2 atom stereocenters.